The third kappa shape index (κ3) is 3.27. The van der Waals surface area contributed by atoms with Crippen LogP contribution >= 0.6 is 0 Å². The summed E-state index contributed by atoms with van der Waals surface area (Å²) >= 11 is 0. The van der Waals surface area contributed by atoms with Crippen LogP contribution in [0.5, 0.6) is 0 Å². The highest BCUT2D eigenvalue weighted by Gasteiger charge is 2.44. The Bertz CT molecular complexity index is 935. The summed E-state index contributed by atoms with van der Waals surface area (Å²) in [7, 11) is 0. The average Bonchev–Trinajstić information content (AvgIpc) is 3.24. The second-order valence-corrected chi connectivity index (χ2v) is 7.43. The van der Waals surface area contributed by atoms with Crippen LogP contribution in [0.4, 0.5) is 0 Å². The number of carbonyl (C=O) groups is 2. The van der Waals surface area contributed by atoms with E-state index in [0.29, 0.717) is 31.7 Å². The molecule has 4 rings (SSSR count). The minimum Gasteiger partial charge on any atom is -0.355 e. The van der Waals surface area contributed by atoms with Crippen molar-refractivity contribution >= 4 is 11.8 Å². The molecular formula is C21H23N3O3. The molecule has 1 aromatic carbocycles. The highest BCUT2D eigenvalue weighted by Crippen LogP contribution is 2.28. The number of hydrogen-bond donors (Lipinski definition) is 1. The van der Waals surface area contributed by atoms with Gasteiger partial charge in [0.05, 0.1) is 5.92 Å². The molecule has 1 aromatic heterocycles. The predicted molar refractivity (Wildman–Crippen MR) is 101 cm³/mol. The number of hydrogen-bond acceptors (Lipinski definition) is 3. The van der Waals surface area contributed by atoms with Gasteiger partial charge in [0.2, 0.25) is 5.91 Å². The van der Waals surface area contributed by atoms with E-state index in [0.717, 1.165) is 12.0 Å². The molecule has 0 bridgehead atoms. The van der Waals surface area contributed by atoms with Gasteiger partial charge in [-0.1, -0.05) is 30.3 Å². The fraction of sp³-hybridized carbons (Fsp3) is 0.381. The molecule has 6 heteroatoms. The van der Waals surface area contributed by atoms with E-state index in [4.69, 9.17) is 0 Å². The number of amides is 2. The largest absolute Gasteiger partial charge is 0.355 e. The fourth-order valence-corrected chi connectivity index (χ4v) is 4.06. The van der Waals surface area contributed by atoms with Gasteiger partial charge in [-0.15, -0.1) is 0 Å². The Morgan fingerprint density at radius 2 is 1.93 bits per heavy atom. The van der Waals surface area contributed by atoms with Gasteiger partial charge in [-0.05, 0) is 30.5 Å². The van der Waals surface area contributed by atoms with Crippen molar-refractivity contribution in [1.29, 1.82) is 0 Å². The molecular weight excluding hydrogens is 342 g/mol. The normalized spacial score (nSPS) is 21.2. The van der Waals surface area contributed by atoms with Crippen molar-refractivity contribution in [3.8, 4) is 0 Å². The SMILES string of the molecule is Cc1ccn(CCc2ccccc2)c(=O)c1C(=O)N1C[C@@H]2CNC(=O)[C@@H]2C1. The number of fused-ring (bicyclic) bond motifs is 1. The molecule has 2 saturated heterocycles. The summed E-state index contributed by atoms with van der Waals surface area (Å²) in [5.41, 5.74) is 1.81. The van der Waals surface area contributed by atoms with Gasteiger partial charge in [0.15, 0.2) is 0 Å². The Labute approximate surface area is 157 Å². The van der Waals surface area contributed by atoms with Crippen molar-refractivity contribution in [2.75, 3.05) is 19.6 Å². The number of rotatable bonds is 4. The zero-order valence-corrected chi connectivity index (χ0v) is 15.4. The van der Waals surface area contributed by atoms with Crippen LogP contribution in [-0.4, -0.2) is 40.9 Å². The summed E-state index contributed by atoms with van der Waals surface area (Å²) in [6, 6.07) is 11.8. The van der Waals surface area contributed by atoms with Gasteiger partial charge in [-0.25, -0.2) is 0 Å². The Balaban J connectivity index is 1.55. The topological polar surface area (TPSA) is 71.4 Å². The molecule has 0 aliphatic carbocycles. The molecule has 0 spiro atoms. The summed E-state index contributed by atoms with van der Waals surface area (Å²) in [5, 5.41) is 2.84. The van der Waals surface area contributed by atoms with Crippen LogP contribution in [0.25, 0.3) is 0 Å². The number of pyridine rings is 1. The number of likely N-dealkylation sites (tertiary alicyclic amines) is 1. The molecule has 1 N–H and O–H groups in total. The van der Waals surface area contributed by atoms with Gasteiger partial charge in [-0.3, -0.25) is 14.4 Å². The molecule has 2 aliphatic heterocycles. The smallest absolute Gasteiger partial charge is 0.263 e. The van der Waals surface area contributed by atoms with Gasteiger partial charge in [-0.2, -0.15) is 0 Å². The third-order valence-corrected chi connectivity index (χ3v) is 5.68. The maximum absolute atomic E-state index is 13.0. The van der Waals surface area contributed by atoms with Crippen LogP contribution in [0.3, 0.4) is 0 Å². The summed E-state index contributed by atoms with van der Waals surface area (Å²) in [5.74, 6) is -0.224. The van der Waals surface area contributed by atoms with E-state index in [1.165, 1.54) is 0 Å². The van der Waals surface area contributed by atoms with E-state index in [2.05, 4.69) is 5.32 Å². The molecule has 3 heterocycles. The van der Waals surface area contributed by atoms with Crippen LogP contribution in [0, 0.1) is 18.8 Å². The summed E-state index contributed by atoms with van der Waals surface area (Å²) in [6.07, 6.45) is 2.48. The van der Waals surface area contributed by atoms with Crippen LogP contribution < -0.4 is 10.9 Å². The molecule has 2 atom stereocenters. The maximum Gasteiger partial charge on any atom is 0.263 e. The van der Waals surface area contributed by atoms with Crippen LogP contribution in [-0.2, 0) is 17.8 Å². The maximum atomic E-state index is 13.0. The standard InChI is InChI=1S/C21H23N3O3/c1-14-7-9-23(10-8-15-5-3-2-4-6-15)20(26)18(14)21(27)24-12-16-11-22-19(25)17(16)13-24/h2-7,9,16-17H,8,10-13H2,1H3,(H,22,25)/t16-,17+/m0/s1. The van der Waals surface area contributed by atoms with Gasteiger partial charge < -0.3 is 14.8 Å². The lowest BCUT2D eigenvalue weighted by atomic mass is 10.0. The predicted octanol–water partition coefficient (Wildman–Crippen LogP) is 1.22. The van der Waals surface area contributed by atoms with Crippen molar-refractivity contribution in [3.63, 3.8) is 0 Å². The van der Waals surface area contributed by atoms with E-state index < -0.39 is 0 Å². The Morgan fingerprint density at radius 1 is 1.15 bits per heavy atom. The number of nitrogens with zero attached hydrogens (tertiary/aromatic N) is 2. The lowest BCUT2D eigenvalue weighted by Crippen LogP contribution is -2.38. The minimum absolute atomic E-state index is 0.0142. The van der Waals surface area contributed by atoms with E-state index in [-0.39, 0.29) is 34.8 Å². The van der Waals surface area contributed by atoms with Crippen molar-refractivity contribution in [1.82, 2.24) is 14.8 Å². The number of aryl methyl sites for hydroxylation is 3. The minimum atomic E-state index is -0.256. The fourth-order valence-electron chi connectivity index (χ4n) is 4.06. The first-order chi connectivity index (χ1) is 13.0. The highest BCUT2D eigenvalue weighted by atomic mass is 16.2. The first-order valence-electron chi connectivity index (χ1n) is 9.35. The Kier molecular flexibility index (Phi) is 4.56. The first kappa shape index (κ1) is 17.5. The lowest BCUT2D eigenvalue weighted by molar-refractivity contribution is -0.122. The number of nitrogens with one attached hydrogen (secondary N) is 1. The van der Waals surface area contributed by atoms with E-state index >= 15 is 0 Å². The monoisotopic (exact) mass is 365 g/mol. The summed E-state index contributed by atoms with van der Waals surface area (Å²) in [6.45, 7) is 3.85. The van der Waals surface area contributed by atoms with E-state index in [1.807, 2.05) is 36.4 Å². The second-order valence-electron chi connectivity index (χ2n) is 7.43. The Hall–Kier alpha value is -2.89. The highest BCUT2D eigenvalue weighted by molar-refractivity contribution is 5.96. The number of benzene rings is 1. The van der Waals surface area contributed by atoms with E-state index in [9.17, 15) is 14.4 Å². The summed E-state index contributed by atoms with van der Waals surface area (Å²) in [4.78, 5) is 39.5. The molecule has 0 radical (unpaired) electrons. The van der Waals surface area contributed by atoms with Crippen LogP contribution in [0.15, 0.2) is 47.4 Å². The van der Waals surface area contributed by atoms with Crippen molar-refractivity contribution in [2.24, 2.45) is 11.8 Å². The lowest BCUT2D eigenvalue weighted by Gasteiger charge is -2.19. The zero-order chi connectivity index (χ0) is 19.0. The van der Waals surface area contributed by atoms with Crippen molar-refractivity contribution in [2.45, 2.75) is 19.9 Å². The molecule has 2 amide bonds. The molecule has 2 fully saturated rings. The van der Waals surface area contributed by atoms with Crippen molar-refractivity contribution < 1.29 is 9.59 Å². The second kappa shape index (κ2) is 7.02. The molecule has 140 valence electrons. The van der Waals surface area contributed by atoms with Gasteiger partial charge in [0, 0.05) is 38.3 Å². The number of carbonyl (C=O) groups excluding carboxylic acids is 2. The average molecular weight is 365 g/mol. The molecule has 0 saturated carbocycles. The van der Waals surface area contributed by atoms with Crippen molar-refractivity contribution in [3.05, 3.63) is 69.6 Å². The molecule has 2 aliphatic rings. The Morgan fingerprint density at radius 3 is 2.67 bits per heavy atom. The van der Waals surface area contributed by atoms with Gasteiger partial charge in [0.25, 0.3) is 11.5 Å². The molecule has 27 heavy (non-hydrogen) atoms. The summed E-state index contributed by atoms with van der Waals surface area (Å²) < 4.78 is 1.61. The quantitative estimate of drug-likeness (QED) is 0.886. The molecule has 0 unspecified atom stereocenters. The molecule has 2 aromatic rings. The molecule has 6 nitrogen and oxygen atoms in total. The third-order valence-electron chi connectivity index (χ3n) is 5.68. The van der Waals surface area contributed by atoms with Crippen LogP contribution in [0.2, 0.25) is 0 Å². The van der Waals surface area contributed by atoms with Crippen LogP contribution in [0.1, 0.15) is 21.5 Å². The van der Waals surface area contributed by atoms with Gasteiger partial charge >= 0.3 is 0 Å². The number of aromatic nitrogens is 1. The van der Waals surface area contributed by atoms with E-state index in [1.54, 1.807) is 22.6 Å². The zero-order valence-electron chi connectivity index (χ0n) is 15.4. The first-order valence-corrected chi connectivity index (χ1v) is 9.35. The van der Waals surface area contributed by atoms with Gasteiger partial charge in [0.1, 0.15) is 5.56 Å².